The molecule has 0 bridgehead atoms. The van der Waals surface area contributed by atoms with Gasteiger partial charge in [-0.3, -0.25) is 9.59 Å². The largest absolute Gasteiger partial charge is 0.378 e. The van der Waals surface area contributed by atoms with Crippen molar-refractivity contribution < 1.29 is 14.3 Å². The Hall–Kier alpha value is -2.51. The molecule has 1 saturated heterocycles. The fourth-order valence-corrected chi connectivity index (χ4v) is 3.58. The molecule has 1 aliphatic heterocycles. The predicted molar refractivity (Wildman–Crippen MR) is 113 cm³/mol. The summed E-state index contributed by atoms with van der Waals surface area (Å²) in [4.78, 5) is 27.4. The molecular formula is C21H25N3O3S. The zero-order chi connectivity index (χ0) is 19.8. The number of nitrogens with one attached hydrogen (secondary N) is 2. The standard InChI is InChI=1S/C21H25N3O3S/c1-28-19-5-3-2-4-18(19)23-21(26)20(25)22-11-10-16-6-8-17(9-7-16)24-12-14-27-15-13-24/h2-9H,10-15H2,1H3,(H,22,25)(H,23,26). The van der Waals surface area contributed by atoms with E-state index >= 15 is 0 Å². The summed E-state index contributed by atoms with van der Waals surface area (Å²) in [6, 6.07) is 15.7. The van der Waals surface area contributed by atoms with E-state index in [2.05, 4.69) is 39.8 Å². The Morgan fingerprint density at radius 1 is 1.04 bits per heavy atom. The van der Waals surface area contributed by atoms with Crippen molar-refractivity contribution in [1.82, 2.24) is 5.32 Å². The van der Waals surface area contributed by atoms with Crippen molar-refractivity contribution in [2.24, 2.45) is 0 Å². The summed E-state index contributed by atoms with van der Waals surface area (Å²) < 4.78 is 5.37. The highest BCUT2D eigenvalue weighted by Gasteiger charge is 2.15. The van der Waals surface area contributed by atoms with Gasteiger partial charge in [-0.2, -0.15) is 0 Å². The number of benzene rings is 2. The van der Waals surface area contributed by atoms with Crippen LogP contribution in [0.5, 0.6) is 0 Å². The SMILES string of the molecule is CSc1ccccc1NC(=O)C(=O)NCCc1ccc(N2CCOCC2)cc1. The smallest absolute Gasteiger partial charge is 0.313 e. The fourth-order valence-electron chi connectivity index (χ4n) is 3.02. The first-order valence-corrected chi connectivity index (χ1v) is 10.5. The van der Waals surface area contributed by atoms with E-state index in [9.17, 15) is 9.59 Å². The number of rotatable bonds is 6. The van der Waals surface area contributed by atoms with Gasteiger partial charge in [0.15, 0.2) is 0 Å². The van der Waals surface area contributed by atoms with Crippen LogP contribution in [0.2, 0.25) is 0 Å². The molecule has 0 saturated carbocycles. The molecule has 6 nitrogen and oxygen atoms in total. The molecule has 28 heavy (non-hydrogen) atoms. The number of hydrogen-bond donors (Lipinski definition) is 2. The molecule has 0 aliphatic carbocycles. The second-order valence-corrected chi connectivity index (χ2v) is 7.27. The molecule has 0 spiro atoms. The normalized spacial score (nSPS) is 13.8. The van der Waals surface area contributed by atoms with Crippen molar-refractivity contribution in [3.8, 4) is 0 Å². The van der Waals surface area contributed by atoms with Crippen molar-refractivity contribution in [3.05, 3.63) is 54.1 Å². The van der Waals surface area contributed by atoms with Crippen molar-refractivity contribution in [1.29, 1.82) is 0 Å². The summed E-state index contributed by atoms with van der Waals surface area (Å²) in [6.45, 7) is 3.75. The van der Waals surface area contributed by atoms with E-state index in [1.54, 1.807) is 6.07 Å². The Bertz CT molecular complexity index is 805. The van der Waals surface area contributed by atoms with E-state index in [4.69, 9.17) is 4.74 Å². The van der Waals surface area contributed by atoms with Gasteiger partial charge in [0, 0.05) is 30.2 Å². The lowest BCUT2D eigenvalue weighted by Gasteiger charge is -2.28. The van der Waals surface area contributed by atoms with Crippen LogP contribution in [0.1, 0.15) is 5.56 Å². The second-order valence-electron chi connectivity index (χ2n) is 6.43. The number of carbonyl (C=O) groups excluding carboxylic acids is 2. The minimum absolute atomic E-state index is 0.410. The van der Waals surface area contributed by atoms with Crippen LogP contribution in [-0.4, -0.2) is 50.9 Å². The average molecular weight is 400 g/mol. The van der Waals surface area contributed by atoms with Crippen LogP contribution in [0.3, 0.4) is 0 Å². The van der Waals surface area contributed by atoms with Gasteiger partial charge in [-0.25, -0.2) is 0 Å². The van der Waals surface area contributed by atoms with Crippen LogP contribution < -0.4 is 15.5 Å². The quantitative estimate of drug-likeness (QED) is 0.577. The Labute approximate surface area is 169 Å². The number of hydrogen-bond acceptors (Lipinski definition) is 5. The van der Waals surface area contributed by atoms with Crippen molar-refractivity contribution in [3.63, 3.8) is 0 Å². The van der Waals surface area contributed by atoms with Crippen LogP contribution in [0, 0.1) is 0 Å². The number of thioether (sulfide) groups is 1. The maximum absolute atomic E-state index is 12.1. The van der Waals surface area contributed by atoms with E-state index in [1.165, 1.54) is 17.4 Å². The monoisotopic (exact) mass is 399 g/mol. The lowest BCUT2D eigenvalue weighted by molar-refractivity contribution is -0.136. The Kier molecular flexibility index (Phi) is 7.33. The number of carbonyl (C=O) groups is 2. The third kappa shape index (κ3) is 5.50. The topological polar surface area (TPSA) is 70.7 Å². The highest BCUT2D eigenvalue weighted by molar-refractivity contribution is 7.98. The zero-order valence-corrected chi connectivity index (χ0v) is 16.8. The minimum atomic E-state index is -0.649. The summed E-state index contributed by atoms with van der Waals surface area (Å²) in [5, 5.41) is 5.35. The van der Waals surface area contributed by atoms with Gasteiger partial charge < -0.3 is 20.3 Å². The van der Waals surface area contributed by atoms with E-state index in [0.717, 1.165) is 36.8 Å². The van der Waals surface area contributed by atoms with E-state index in [1.807, 2.05) is 24.5 Å². The third-order valence-corrected chi connectivity index (χ3v) is 5.37. The second kappa shape index (κ2) is 10.1. The Morgan fingerprint density at radius 2 is 1.75 bits per heavy atom. The molecule has 7 heteroatoms. The van der Waals surface area contributed by atoms with Gasteiger partial charge in [0.1, 0.15) is 0 Å². The molecule has 3 rings (SSSR count). The highest BCUT2D eigenvalue weighted by atomic mass is 32.2. The Morgan fingerprint density at radius 3 is 2.46 bits per heavy atom. The van der Waals surface area contributed by atoms with Crippen LogP contribution in [0.15, 0.2) is 53.4 Å². The summed E-state index contributed by atoms with van der Waals surface area (Å²) in [6.07, 6.45) is 2.60. The van der Waals surface area contributed by atoms with Gasteiger partial charge in [0.2, 0.25) is 0 Å². The molecule has 1 aliphatic rings. The van der Waals surface area contributed by atoms with Gasteiger partial charge in [0.25, 0.3) is 0 Å². The lowest BCUT2D eigenvalue weighted by Crippen LogP contribution is -2.36. The van der Waals surface area contributed by atoms with E-state index in [-0.39, 0.29) is 0 Å². The number of ether oxygens (including phenoxy) is 1. The maximum atomic E-state index is 12.1. The molecule has 2 aromatic rings. The fraction of sp³-hybridized carbons (Fsp3) is 0.333. The van der Waals surface area contributed by atoms with Gasteiger partial charge in [-0.05, 0) is 42.5 Å². The summed E-state index contributed by atoms with van der Waals surface area (Å²) in [5.41, 5.74) is 2.95. The van der Waals surface area contributed by atoms with Gasteiger partial charge in [-0.15, -0.1) is 11.8 Å². The summed E-state index contributed by atoms with van der Waals surface area (Å²) >= 11 is 1.52. The lowest BCUT2D eigenvalue weighted by atomic mass is 10.1. The third-order valence-electron chi connectivity index (χ3n) is 4.57. The molecule has 2 amide bonds. The average Bonchev–Trinajstić information content (AvgIpc) is 2.75. The molecule has 0 aromatic heterocycles. The number of para-hydroxylation sites is 1. The number of morpholine rings is 1. The van der Waals surface area contributed by atoms with Crippen LogP contribution >= 0.6 is 11.8 Å². The highest BCUT2D eigenvalue weighted by Crippen LogP contribution is 2.24. The number of anilines is 2. The van der Waals surface area contributed by atoms with Gasteiger partial charge in [0.05, 0.1) is 18.9 Å². The van der Waals surface area contributed by atoms with Crippen LogP contribution in [0.25, 0.3) is 0 Å². The minimum Gasteiger partial charge on any atom is -0.378 e. The van der Waals surface area contributed by atoms with Gasteiger partial charge >= 0.3 is 11.8 Å². The number of nitrogens with zero attached hydrogens (tertiary/aromatic N) is 1. The maximum Gasteiger partial charge on any atom is 0.313 e. The zero-order valence-electron chi connectivity index (χ0n) is 15.9. The van der Waals surface area contributed by atoms with Crippen LogP contribution in [0.4, 0.5) is 11.4 Å². The van der Waals surface area contributed by atoms with Crippen molar-refractivity contribution >= 4 is 35.0 Å². The molecular weight excluding hydrogens is 374 g/mol. The number of amides is 2. The molecule has 2 aromatic carbocycles. The first-order valence-electron chi connectivity index (χ1n) is 9.31. The molecule has 148 valence electrons. The van der Waals surface area contributed by atoms with Crippen LogP contribution in [-0.2, 0) is 20.7 Å². The molecule has 0 radical (unpaired) electrons. The molecule has 0 unspecified atom stereocenters. The van der Waals surface area contributed by atoms with E-state index < -0.39 is 11.8 Å². The Balaban J connectivity index is 1.45. The summed E-state index contributed by atoms with van der Waals surface area (Å²) in [7, 11) is 0. The first-order chi connectivity index (χ1) is 13.7. The van der Waals surface area contributed by atoms with Crippen molar-refractivity contribution in [2.45, 2.75) is 11.3 Å². The first kappa shape index (κ1) is 20.2. The molecule has 1 fully saturated rings. The molecule has 0 atom stereocenters. The van der Waals surface area contributed by atoms with Gasteiger partial charge in [-0.1, -0.05) is 24.3 Å². The van der Waals surface area contributed by atoms with Crippen molar-refractivity contribution in [2.75, 3.05) is 49.3 Å². The molecule has 2 N–H and O–H groups in total. The van der Waals surface area contributed by atoms with E-state index in [0.29, 0.717) is 18.7 Å². The summed E-state index contributed by atoms with van der Waals surface area (Å²) in [5.74, 6) is -1.27. The molecule has 1 heterocycles. The predicted octanol–water partition coefficient (Wildman–Crippen LogP) is 2.54.